The molecule has 0 aliphatic carbocycles. The van der Waals surface area contributed by atoms with Crippen molar-refractivity contribution in [3.8, 4) is 5.75 Å². The number of aromatic nitrogens is 1. The summed E-state index contributed by atoms with van der Waals surface area (Å²) < 4.78 is 5.13. The van der Waals surface area contributed by atoms with Crippen LogP contribution < -0.4 is 15.0 Å². The number of nitrogens with one attached hydrogen (secondary N) is 1. The number of anilines is 2. The summed E-state index contributed by atoms with van der Waals surface area (Å²) >= 11 is 0. The largest absolute Gasteiger partial charge is 0.497 e. The minimum atomic E-state index is -0.573. The predicted octanol–water partition coefficient (Wildman–Crippen LogP) is 3.43. The fourth-order valence-electron chi connectivity index (χ4n) is 3.40. The molecule has 1 fully saturated rings. The summed E-state index contributed by atoms with van der Waals surface area (Å²) in [4.78, 5) is 30.5. The van der Waals surface area contributed by atoms with Crippen LogP contribution in [0.1, 0.15) is 17.5 Å². The molecule has 1 N–H and O–H groups in total. The number of carbonyl (C=O) groups is 2. The Morgan fingerprint density at radius 3 is 2.28 bits per heavy atom. The van der Waals surface area contributed by atoms with Crippen LogP contribution in [0.4, 0.5) is 11.4 Å². The lowest BCUT2D eigenvalue weighted by Crippen LogP contribution is -2.34. The molecule has 2 amide bonds. The van der Waals surface area contributed by atoms with Crippen LogP contribution in [-0.4, -0.2) is 29.9 Å². The third-order valence-corrected chi connectivity index (χ3v) is 4.93. The fourth-order valence-corrected chi connectivity index (χ4v) is 3.40. The second kappa shape index (κ2) is 8.14. The van der Waals surface area contributed by atoms with Crippen LogP contribution in [-0.2, 0) is 16.0 Å². The molecule has 146 valence electrons. The third-order valence-electron chi connectivity index (χ3n) is 4.93. The average Bonchev–Trinajstić information content (AvgIpc) is 3.03. The minimum absolute atomic E-state index is 0.129. The molecular weight excluding hydrogens is 366 g/mol. The number of imide groups is 1. The predicted molar refractivity (Wildman–Crippen MR) is 111 cm³/mol. The van der Waals surface area contributed by atoms with Crippen LogP contribution in [0.3, 0.4) is 0 Å². The van der Waals surface area contributed by atoms with Gasteiger partial charge in [-0.1, -0.05) is 12.1 Å². The van der Waals surface area contributed by atoms with E-state index >= 15 is 0 Å². The lowest BCUT2D eigenvalue weighted by molar-refractivity contribution is -0.121. The molecule has 1 saturated heterocycles. The number of benzene rings is 2. The lowest BCUT2D eigenvalue weighted by atomic mass is 10.1. The summed E-state index contributed by atoms with van der Waals surface area (Å²) in [6.07, 6.45) is 4.50. The first kappa shape index (κ1) is 18.7. The molecule has 0 radical (unpaired) electrons. The maximum atomic E-state index is 12.8. The van der Waals surface area contributed by atoms with Gasteiger partial charge < -0.3 is 10.1 Å². The Balaban J connectivity index is 1.43. The Kier molecular flexibility index (Phi) is 5.24. The molecular formula is C23H21N3O3. The van der Waals surface area contributed by atoms with Crippen LogP contribution in [0.5, 0.6) is 5.75 Å². The van der Waals surface area contributed by atoms with E-state index in [-0.39, 0.29) is 18.2 Å². The summed E-state index contributed by atoms with van der Waals surface area (Å²) in [5.74, 6) is 0.211. The maximum Gasteiger partial charge on any atom is 0.256 e. The highest BCUT2D eigenvalue weighted by molar-refractivity contribution is 6.23. The molecule has 0 unspecified atom stereocenters. The van der Waals surface area contributed by atoms with Gasteiger partial charge >= 0.3 is 0 Å². The van der Waals surface area contributed by atoms with Gasteiger partial charge in [0.2, 0.25) is 5.91 Å². The average molecular weight is 387 g/mol. The fraction of sp³-hybridized carbons (Fsp3) is 0.174. The molecule has 1 aliphatic heterocycles. The zero-order valence-corrected chi connectivity index (χ0v) is 16.0. The van der Waals surface area contributed by atoms with E-state index in [1.54, 1.807) is 43.8 Å². The molecule has 0 spiro atoms. The van der Waals surface area contributed by atoms with Crippen molar-refractivity contribution in [1.82, 2.24) is 4.98 Å². The van der Waals surface area contributed by atoms with Gasteiger partial charge in [0.15, 0.2) is 0 Å². The standard InChI is InChI=1S/C23H21N3O3/c1-29-20-8-6-19(7-9-20)26-22(27)15-21(23(26)28)25-18-4-2-16(3-5-18)14-17-10-12-24-13-11-17/h2-13,21,25H,14-15H2,1H3/t21-/m0/s1. The molecule has 3 aromatic rings. The quantitative estimate of drug-likeness (QED) is 0.656. The SMILES string of the molecule is COc1ccc(N2C(=O)C[C@H](Nc3ccc(Cc4ccncc4)cc3)C2=O)cc1. The number of methoxy groups -OCH3 is 1. The van der Waals surface area contributed by atoms with Gasteiger partial charge in [0.25, 0.3) is 5.91 Å². The van der Waals surface area contributed by atoms with E-state index in [2.05, 4.69) is 10.3 Å². The summed E-state index contributed by atoms with van der Waals surface area (Å²) in [5.41, 5.74) is 3.71. The smallest absolute Gasteiger partial charge is 0.256 e. The van der Waals surface area contributed by atoms with Crippen LogP contribution >= 0.6 is 0 Å². The molecule has 1 aromatic heterocycles. The molecule has 0 bridgehead atoms. The van der Waals surface area contributed by atoms with E-state index in [1.807, 2.05) is 36.4 Å². The van der Waals surface area contributed by atoms with Crippen LogP contribution in [0, 0.1) is 0 Å². The summed E-state index contributed by atoms with van der Waals surface area (Å²) in [5, 5.41) is 3.19. The summed E-state index contributed by atoms with van der Waals surface area (Å²) in [6.45, 7) is 0. The number of pyridine rings is 1. The van der Waals surface area contributed by atoms with Crippen molar-refractivity contribution in [3.63, 3.8) is 0 Å². The number of ether oxygens (including phenoxy) is 1. The van der Waals surface area contributed by atoms with Crippen molar-refractivity contribution in [2.24, 2.45) is 0 Å². The Bertz CT molecular complexity index is 1000. The van der Waals surface area contributed by atoms with Crippen molar-refractivity contribution in [1.29, 1.82) is 0 Å². The molecule has 2 heterocycles. The van der Waals surface area contributed by atoms with Crippen molar-refractivity contribution >= 4 is 23.2 Å². The van der Waals surface area contributed by atoms with Crippen LogP contribution in [0.15, 0.2) is 73.1 Å². The minimum Gasteiger partial charge on any atom is -0.497 e. The summed E-state index contributed by atoms with van der Waals surface area (Å²) in [6, 6.07) is 18.2. The van der Waals surface area contributed by atoms with Crippen LogP contribution in [0.25, 0.3) is 0 Å². The molecule has 0 saturated carbocycles. The number of amides is 2. The van der Waals surface area contributed by atoms with E-state index in [0.717, 1.165) is 17.7 Å². The van der Waals surface area contributed by atoms with E-state index in [9.17, 15) is 9.59 Å². The molecule has 1 aliphatic rings. The second-order valence-corrected chi connectivity index (χ2v) is 6.90. The molecule has 6 heteroatoms. The van der Waals surface area contributed by atoms with Crippen molar-refractivity contribution < 1.29 is 14.3 Å². The Labute approximate surface area is 169 Å². The van der Waals surface area contributed by atoms with Gasteiger partial charge in [-0.05, 0) is 66.1 Å². The molecule has 1 atom stereocenters. The van der Waals surface area contributed by atoms with E-state index in [0.29, 0.717) is 11.4 Å². The number of rotatable bonds is 6. The second-order valence-electron chi connectivity index (χ2n) is 6.90. The van der Waals surface area contributed by atoms with Gasteiger partial charge in [-0.25, -0.2) is 4.90 Å². The summed E-state index contributed by atoms with van der Waals surface area (Å²) in [7, 11) is 1.57. The first-order chi connectivity index (χ1) is 14.1. The van der Waals surface area contributed by atoms with Gasteiger partial charge in [0, 0.05) is 18.1 Å². The highest BCUT2D eigenvalue weighted by atomic mass is 16.5. The zero-order chi connectivity index (χ0) is 20.2. The number of carbonyl (C=O) groups excluding carboxylic acids is 2. The zero-order valence-electron chi connectivity index (χ0n) is 16.0. The number of hydrogen-bond donors (Lipinski definition) is 1. The third kappa shape index (κ3) is 4.11. The van der Waals surface area contributed by atoms with Gasteiger partial charge in [0.05, 0.1) is 19.2 Å². The normalized spacial score (nSPS) is 16.2. The molecule has 2 aromatic carbocycles. The highest BCUT2D eigenvalue weighted by Gasteiger charge is 2.39. The van der Waals surface area contributed by atoms with Gasteiger partial charge in [-0.15, -0.1) is 0 Å². The van der Waals surface area contributed by atoms with E-state index < -0.39 is 6.04 Å². The van der Waals surface area contributed by atoms with Crippen molar-refractivity contribution in [3.05, 3.63) is 84.2 Å². The van der Waals surface area contributed by atoms with Gasteiger partial charge in [-0.2, -0.15) is 0 Å². The first-order valence-corrected chi connectivity index (χ1v) is 9.39. The Morgan fingerprint density at radius 2 is 1.62 bits per heavy atom. The molecule has 4 rings (SSSR count). The van der Waals surface area contributed by atoms with Crippen molar-refractivity contribution in [2.45, 2.75) is 18.9 Å². The molecule has 29 heavy (non-hydrogen) atoms. The monoisotopic (exact) mass is 387 g/mol. The number of hydrogen-bond acceptors (Lipinski definition) is 5. The number of nitrogens with zero attached hydrogens (tertiary/aromatic N) is 2. The lowest BCUT2D eigenvalue weighted by Gasteiger charge is -2.16. The first-order valence-electron chi connectivity index (χ1n) is 9.39. The highest BCUT2D eigenvalue weighted by Crippen LogP contribution is 2.27. The van der Waals surface area contributed by atoms with Gasteiger partial charge in [-0.3, -0.25) is 14.6 Å². The van der Waals surface area contributed by atoms with Crippen LogP contribution in [0.2, 0.25) is 0 Å². The van der Waals surface area contributed by atoms with Crippen molar-refractivity contribution in [2.75, 3.05) is 17.3 Å². The Morgan fingerprint density at radius 1 is 0.966 bits per heavy atom. The van der Waals surface area contributed by atoms with Gasteiger partial charge in [0.1, 0.15) is 11.8 Å². The topological polar surface area (TPSA) is 71.5 Å². The Hall–Kier alpha value is -3.67. The van der Waals surface area contributed by atoms with E-state index in [1.165, 1.54) is 10.5 Å². The molecule has 6 nitrogen and oxygen atoms in total. The van der Waals surface area contributed by atoms with E-state index in [4.69, 9.17) is 4.74 Å². The maximum absolute atomic E-state index is 12.8.